The Kier molecular flexibility index (Phi) is 4.09. The van der Waals surface area contributed by atoms with Crippen molar-refractivity contribution in [3.8, 4) is 0 Å². The molecule has 0 aliphatic rings. The van der Waals surface area contributed by atoms with Gasteiger partial charge in [0.05, 0.1) is 17.8 Å². The van der Waals surface area contributed by atoms with Crippen molar-refractivity contribution in [2.24, 2.45) is 5.73 Å². The molecule has 0 aliphatic heterocycles. The van der Waals surface area contributed by atoms with E-state index >= 15 is 0 Å². The predicted octanol–water partition coefficient (Wildman–Crippen LogP) is 0.425. The number of imidazole rings is 1. The molecule has 0 aliphatic carbocycles. The van der Waals surface area contributed by atoms with E-state index in [2.05, 4.69) is 4.98 Å². The van der Waals surface area contributed by atoms with Crippen LogP contribution in [0.4, 0.5) is 0 Å². The average molecular weight is 245 g/mol. The van der Waals surface area contributed by atoms with Crippen LogP contribution >= 0.6 is 0 Å². The van der Waals surface area contributed by atoms with E-state index in [-0.39, 0.29) is 11.5 Å². The first kappa shape index (κ1) is 13.2. The second kappa shape index (κ2) is 4.97. The van der Waals surface area contributed by atoms with Crippen molar-refractivity contribution in [2.45, 2.75) is 32.4 Å². The van der Waals surface area contributed by atoms with Gasteiger partial charge in [0.15, 0.2) is 9.84 Å². The third kappa shape index (κ3) is 5.27. The molecule has 16 heavy (non-hydrogen) atoms. The van der Waals surface area contributed by atoms with Gasteiger partial charge >= 0.3 is 0 Å². The van der Waals surface area contributed by atoms with E-state index in [1.807, 2.05) is 10.8 Å². The molecule has 1 heterocycles. The lowest BCUT2D eigenvalue weighted by Crippen LogP contribution is -2.40. The van der Waals surface area contributed by atoms with Crippen molar-refractivity contribution in [3.63, 3.8) is 0 Å². The highest BCUT2D eigenvalue weighted by atomic mass is 32.2. The summed E-state index contributed by atoms with van der Waals surface area (Å²) in [5.74, 6) is 0.204. The first-order chi connectivity index (χ1) is 7.29. The highest BCUT2D eigenvalue weighted by Gasteiger charge is 2.21. The lowest BCUT2D eigenvalue weighted by Gasteiger charge is -2.18. The molecule has 1 rings (SSSR count). The maximum atomic E-state index is 11.7. The van der Waals surface area contributed by atoms with Crippen LogP contribution in [0.25, 0.3) is 0 Å². The summed E-state index contributed by atoms with van der Waals surface area (Å²) in [6.45, 7) is 4.12. The maximum absolute atomic E-state index is 11.7. The standard InChI is InChI=1S/C10H19N3O2S/c1-10(2,11)8-16(14,15)7-3-5-13-6-4-12-9-13/h4,6,9H,3,5,7-8,11H2,1-2H3. The van der Waals surface area contributed by atoms with Crippen LogP contribution in [-0.2, 0) is 16.4 Å². The van der Waals surface area contributed by atoms with Crippen molar-refractivity contribution in [2.75, 3.05) is 11.5 Å². The molecule has 0 saturated heterocycles. The van der Waals surface area contributed by atoms with Crippen LogP contribution in [0, 0.1) is 0 Å². The second-order valence-electron chi connectivity index (χ2n) is 4.73. The first-order valence-corrected chi connectivity index (χ1v) is 7.06. The van der Waals surface area contributed by atoms with E-state index in [1.165, 1.54) is 0 Å². The number of sulfone groups is 1. The molecule has 0 amide bonds. The lowest BCUT2D eigenvalue weighted by molar-refractivity contribution is 0.540. The number of hydrogen-bond donors (Lipinski definition) is 1. The van der Waals surface area contributed by atoms with Gasteiger partial charge in [0.2, 0.25) is 0 Å². The summed E-state index contributed by atoms with van der Waals surface area (Å²) in [5.41, 5.74) is 5.03. The summed E-state index contributed by atoms with van der Waals surface area (Å²) in [7, 11) is -3.05. The number of aromatic nitrogens is 2. The minimum Gasteiger partial charge on any atom is -0.337 e. The first-order valence-electron chi connectivity index (χ1n) is 5.24. The SMILES string of the molecule is CC(C)(N)CS(=O)(=O)CCCn1ccnc1. The van der Waals surface area contributed by atoms with Crippen LogP contribution in [0.2, 0.25) is 0 Å². The zero-order chi connectivity index (χ0) is 12.2. The molecule has 0 radical (unpaired) electrons. The van der Waals surface area contributed by atoms with E-state index in [9.17, 15) is 8.42 Å². The van der Waals surface area contributed by atoms with Gasteiger partial charge in [0, 0.05) is 24.5 Å². The molecule has 0 unspecified atom stereocenters. The second-order valence-corrected chi connectivity index (χ2v) is 6.92. The predicted molar refractivity (Wildman–Crippen MR) is 63.8 cm³/mol. The lowest BCUT2D eigenvalue weighted by atomic mass is 10.1. The molecule has 0 saturated carbocycles. The molecule has 0 spiro atoms. The molecular formula is C10H19N3O2S. The third-order valence-corrected chi connectivity index (χ3v) is 4.12. The minimum atomic E-state index is -3.05. The fraction of sp³-hybridized carbons (Fsp3) is 0.700. The highest BCUT2D eigenvalue weighted by molar-refractivity contribution is 7.91. The summed E-state index contributed by atoms with van der Waals surface area (Å²) in [5, 5.41) is 0. The fourth-order valence-electron chi connectivity index (χ4n) is 1.53. The monoisotopic (exact) mass is 245 g/mol. The van der Waals surface area contributed by atoms with Crippen molar-refractivity contribution in [3.05, 3.63) is 18.7 Å². The van der Waals surface area contributed by atoms with E-state index in [1.54, 1.807) is 26.4 Å². The van der Waals surface area contributed by atoms with Gasteiger partial charge < -0.3 is 10.3 Å². The molecular weight excluding hydrogens is 226 g/mol. The minimum absolute atomic E-state index is 0.0317. The highest BCUT2D eigenvalue weighted by Crippen LogP contribution is 2.05. The Hall–Kier alpha value is -0.880. The van der Waals surface area contributed by atoms with Crippen LogP contribution in [0.15, 0.2) is 18.7 Å². The molecule has 1 aromatic heterocycles. The zero-order valence-electron chi connectivity index (χ0n) is 9.76. The van der Waals surface area contributed by atoms with Gasteiger partial charge in [0.1, 0.15) is 0 Å². The number of aryl methyl sites for hydroxylation is 1. The van der Waals surface area contributed by atoms with E-state index in [0.717, 1.165) is 0 Å². The van der Waals surface area contributed by atoms with Gasteiger partial charge in [-0.2, -0.15) is 0 Å². The van der Waals surface area contributed by atoms with Gasteiger partial charge in [0.25, 0.3) is 0 Å². The van der Waals surface area contributed by atoms with Gasteiger partial charge in [-0.3, -0.25) is 0 Å². The van der Waals surface area contributed by atoms with Crippen LogP contribution in [0.3, 0.4) is 0 Å². The average Bonchev–Trinajstić information content (AvgIpc) is 2.51. The maximum Gasteiger partial charge on any atom is 0.152 e. The van der Waals surface area contributed by atoms with E-state index < -0.39 is 15.4 Å². The zero-order valence-corrected chi connectivity index (χ0v) is 10.6. The smallest absolute Gasteiger partial charge is 0.152 e. The van der Waals surface area contributed by atoms with Crippen LogP contribution in [0.5, 0.6) is 0 Å². The Morgan fingerprint density at radius 3 is 2.62 bits per heavy atom. The Bertz CT molecular complexity index is 404. The fourth-order valence-corrected chi connectivity index (χ4v) is 3.37. The quantitative estimate of drug-likeness (QED) is 0.788. The summed E-state index contributed by atoms with van der Waals surface area (Å²) >= 11 is 0. The molecule has 0 aromatic carbocycles. The summed E-state index contributed by atoms with van der Waals surface area (Å²) in [4.78, 5) is 3.89. The topological polar surface area (TPSA) is 78.0 Å². The normalized spacial score (nSPS) is 12.9. The number of nitrogens with zero attached hydrogens (tertiary/aromatic N) is 2. The Labute approximate surface area is 96.6 Å². The number of hydrogen-bond acceptors (Lipinski definition) is 4. The number of rotatable bonds is 6. The molecule has 6 heteroatoms. The summed E-state index contributed by atoms with van der Waals surface area (Å²) in [6, 6.07) is 0. The molecule has 0 atom stereocenters. The van der Waals surface area contributed by atoms with Crippen molar-refractivity contribution >= 4 is 9.84 Å². The van der Waals surface area contributed by atoms with Crippen LogP contribution in [-0.4, -0.2) is 35.0 Å². The van der Waals surface area contributed by atoms with E-state index in [4.69, 9.17) is 5.73 Å². The van der Waals surface area contributed by atoms with Gasteiger partial charge in [-0.25, -0.2) is 13.4 Å². The number of nitrogens with two attached hydrogens (primary N) is 1. The molecule has 0 bridgehead atoms. The van der Waals surface area contributed by atoms with Crippen molar-refractivity contribution < 1.29 is 8.42 Å². The van der Waals surface area contributed by atoms with Gasteiger partial charge in [-0.05, 0) is 20.3 Å². The largest absolute Gasteiger partial charge is 0.337 e. The third-order valence-electron chi connectivity index (χ3n) is 2.02. The Balaban J connectivity index is 2.37. The Morgan fingerprint density at radius 2 is 2.12 bits per heavy atom. The molecule has 0 fully saturated rings. The molecule has 1 aromatic rings. The molecule has 92 valence electrons. The van der Waals surface area contributed by atoms with Crippen molar-refractivity contribution in [1.82, 2.24) is 9.55 Å². The van der Waals surface area contributed by atoms with Gasteiger partial charge in [-0.15, -0.1) is 0 Å². The molecule has 2 N–H and O–H groups in total. The van der Waals surface area contributed by atoms with E-state index in [0.29, 0.717) is 13.0 Å². The summed E-state index contributed by atoms with van der Waals surface area (Å²) < 4.78 is 25.2. The van der Waals surface area contributed by atoms with Crippen LogP contribution in [0.1, 0.15) is 20.3 Å². The van der Waals surface area contributed by atoms with Gasteiger partial charge in [-0.1, -0.05) is 0 Å². The summed E-state index contributed by atoms with van der Waals surface area (Å²) in [6.07, 6.45) is 5.77. The Morgan fingerprint density at radius 1 is 1.44 bits per heavy atom. The van der Waals surface area contributed by atoms with Crippen molar-refractivity contribution in [1.29, 1.82) is 0 Å². The van der Waals surface area contributed by atoms with Crippen LogP contribution < -0.4 is 5.73 Å². The molecule has 5 nitrogen and oxygen atoms in total.